The molecule has 0 radical (unpaired) electrons. The molecule has 0 aliphatic heterocycles. The second kappa shape index (κ2) is 10.5. The Labute approximate surface area is 194 Å². The van der Waals surface area contributed by atoms with Crippen LogP contribution in [0, 0.1) is 11.3 Å². The summed E-state index contributed by atoms with van der Waals surface area (Å²) in [5.74, 6) is 3.05. The van der Waals surface area contributed by atoms with Gasteiger partial charge in [0.15, 0.2) is 0 Å². The van der Waals surface area contributed by atoms with Crippen molar-refractivity contribution in [3.8, 4) is 40.6 Å². The number of nitriles is 1. The molecule has 0 saturated carbocycles. The zero-order valence-electron chi connectivity index (χ0n) is 19.6. The lowest BCUT2D eigenvalue weighted by molar-refractivity contribution is 0.359. The Hall–Kier alpha value is -4.05. The van der Waals surface area contributed by atoms with Crippen molar-refractivity contribution in [2.45, 2.75) is 5.92 Å². The molecule has 0 unspecified atom stereocenters. The van der Waals surface area contributed by atoms with Crippen LogP contribution in [-0.2, 0) is 0 Å². The number of hydrogen-bond donors (Lipinski definition) is 0. The lowest BCUT2D eigenvalue weighted by Gasteiger charge is -2.27. The molecule has 0 aliphatic carbocycles. The predicted molar refractivity (Wildman–Crippen MR) is 124 cm³/mol. The van der Waals surface area contributed by atoms with Gasteiger partial charge in [0, 0.05) is 41.3 Å². The Morgan fingerprint density at radius 3 is 1.21 bits per heavy atom. The number of methoxy groups -OCH3 is 6. The Balaban J connectivity index is 2.43. The molecule has 33 heavy (non-hydrogen) atoms. The Bertz CT molecular complexity index is 1040. The van der Waals surface area contributed by atoms with Gasteiger partial charge in [-0.3, -0.25) is 0 Å². The standard InChI is InChI=1S/C26H27NO6/c1-28-18-11-20(30-3)25(21(12-18)31-4)24(17-9-7-16(15-27)8-10-17)26-22(32-5)13-19(29-2)14-23(26)33-6/h7-14,24H,1-6H3. The number of benzene rings is 3. The minimum absolute atomic E-state index is 0.427. The number of ether oxygens (including phenoxy) is 6. The molecule has 0 fully saturated rings. The average molecular weight is 450 g/mol. The van der Waals surface area contributed by atoms with E-state index >= 15 is 0 Å². The Kier molecular flexibility index (Phi) is 7.52. The van der Waals surface area contributed by atoms with Gasteiger partial charge in [0.1, 0.15) is 34.5 Å². The molecule has 7 heteroatoms. The first kappa shape index (κ1) is 23.6. The minimum Gasteiger partial charge on any atom is -0.496 e. The highest BCUT2D eigenvalue weighted by Gasteiger charge is 2.31. The highest BCUT2D eigenvalue weighted by molar-refractivity contribution is 5.65. The summed E-state index contributed by atoms with van der Waals surface area (Å²) in [6.07, 6.45) is 0. The second-order valence-corrected chi connectivity index (χ2v) is 7.06. The highest BCUT2D eigenvalue weighted by atomic mass is 16.5. The summed E-state index contributed by atoms with van der Waals surface area (Å²) in [5, 5.41) is 9.29. The molecule has 0 amide bonds. The van der Waals surface area contributed by atoms with Gasteiger partial charge >= 0.3 is 0 Å². The van der Waals surface area contributed by atoms with Crippen LogP contribution >= 0.6 is 0 Å². The summed E-state index contributed by atoms with van der Waals surface area (Å²) in [6.45, 7) is 0. The van der Waals surface area contributed by atoms with Crippen molar-refractivity contribution in [1.29, 1.82) is 5.26 Å². The topological polar surface area (TPSA) is 79.2 Å². The summed E-state index contributed by atoms with van der Waals surface area (Å²) in [5.41, 5.74) is 2.96. The highest BCUT2D eigenvalue weighted by Crippen LogP contribution is 2.50. The molecule has 0 heterocycles. The first-order valence-electron chi connectivity index (χ1n) is 10.1. The van der Waals surface area contributed by atoms with E-state index in [4.69, 9.17) is 28.4 Å². The molecule has 0 atom stereocenters. The molecule has 0 aromatic heterocycles. The molecule has 0 saturated heterocycles. The van der Waals surface area contributed by atoms with Crippen molar-refractivity contribution in [3.63, 3.8) is 0 Å². The predicted octanol–water partition coefficient (Wildman–Crippen LogP) is 4.79. The SMILES string of the molecule is COc1cc(OC)c(C(c2ccc(C#N)cc2)c2c(OC)cc(OC)cc2OC)c(OC)c1. The van der Waals surface area contributed by atoms with Crippen molar-refractivity contribution in [2.24, 2.45) is 0 Å². The van der Waals surface area contributed by atoms with Gasteiger partial charge in [-0.1, -0.05) is 12.1 Å². The maximum Gasteiger partial charge on any atom is 0.130 e. The quantitative estimate of drug-likeness (QED) is 0.435. The zero-order chi connectivity index (χ0) is 24.0. The van der Waals surface area contributed by atoms with Crippen molar-refractivity contribution in [3.05, 3.63) is 70.8 Å². The maximum absolute atomic E-state index is 9.29. The molecule has 0 bridgehead atoms. The zero-order valence-corrected chi connectivity index (χ0v) is 19.6. The van der Waals surface area contributed by atoms with E-state index in [1.54, 1.807) is 79.1 Å². The van der Waals surface area contributed by atoms with E-state index in [0.717, 1.165) is 16.7 Å². The Morgan fingerprint density at radius 1 is 0.576 bits per heavy atom. The molecule has 172 valence electrons. The minimum atomic E-state index is -0.427. The first-order valence-corrected chi connectivity index (χ1v) is 10.1. The smallest absolute Gasteiger partial charge is 0.130 e. The van der Waals surface area contributed by atoms with E-state index in [-0.39, 0.29) is 0 Å². The summed E-state index contributed by atoms with van der Waals surface area (Å²) < 4.78 is 34.0. The second-order valence-electron chi connectivity index (χ2n) is 7.06. The van der Waals surface area contributed by atoms with Gasteiger partial charge in [-0.25, -0.2) is 0 Å². The van der Waals surface area contributed by atoms with Crippen LogP contribution in [0.25, 0.3) is 0 Å². The van der Waals surface area contributed by atoms with Gasteiger partial charge in [-0.2, -0.15) is 5.26 Å². The van der Waals surface area contributed by atoms with Crippen LogP contribution in [0.15, 0.2) is 48.5 Å². The fourth-order valence-electron chi connectivity index (χ4n) is 3.86. The van der Waals surface area contributed by atoms with E-state index < -0.39 is 5.92 Å². The van der Waals surface area contributed by atoms with Gasteiger partial charge in [-0.05, 0) is 17.7 Å². The number of nitrogens with zero attached hydrogens (tertiary/aromatic N) is 1. The van der Waals surface area contributed by atoms with Crippen LogP contribution in [0.1, 0.15) is 28.2 Å². The maximum atomic E-state index is 9.29. The molecule has 7 nitrogen and oxygen atoms in total. The normalized spacial score (nSPS) is 10.4. The lowest BCUT2D eigenvalue weighted by Crippen LogP contribution is -2.11. The molecular weight excluding hydrogens is 422 g/mol. The van der Waals surface area contributed by atoms with Crippen molar-refractivity contribution < 1.29 is 28.4 Å². The fourth-order valence-corrected chi connectivity index (χ4v) is 3.86. The molecular formula is C26H27NO6. The van der Waals surface area contributed by atoms with Crippen LogP contribution in [0.3, 0.4) is 0 Å². The molecule has 3 rings (SSSR count). The first-order chi connectivity index (χ1) is 16.0. The van der Waals surface area contributed by atoms with E-state index in [2.05, 4.69) is 6.07 Å². The third-order valence-electron chi connectivity index (χ3n) is 5.46. The summed E-state index contributed by atoms with van der Waals surface area (Å²) in [6, 6.07) is 16.7. The molecule has 0 N–H and O–H groups in total. The van der Waals surface area contributed by atoms with Crippen LogP contribution in [0.2, 0.25) is 0 Å². The van der Waals surface area contributed by atoms with Crippen LogP contribution in [0.4, 0.5) is 0 Å². The van der Waals surface area contributed by atoms with Gasteiger partial charge in [0.2, 0.25) is 0 Å². The summed E-state index contributed by atoms with van der Waals surface area (Å²) in [7, 11) is 9.54. The monoisotopic (exact) mass is 449 g/mol. The Morgan fingerprint density at radius 2 is 0.939 bits per heavy atom. The molecule has 3 aromatic carbocycles. The van der Waals surface area contributed by atoms with E-state index in [9.17, 15) is 5.26 Å². The van der Waals surface area contributed by atoms with E-state index in [1.807, 2.05) is 12.1 Å². The fraction of sp³-hybridized carbons (Fsp3) is 0.269. The lowest BCUT2D eigenvalue weighted by atomic mass is 9.82. The molecule has 0 aliphatic rings. The summed E-state index contributed by atoms with van der Waals surface area (Å²) in [4.78, 5) is 0. The average Bonchev–Trinajstić information content (AvgIpc) is 2.88. The van der Waals surface area contributed by atoms with Crippen LogP contribution in [-0.4, -0.2) is 42.7 Å². The third kappa shape index (κ3) is 4.60. The van der Waals surface area contributed by atoms with Gasteiger partial charge in [-0.15, -0.1) is 0 Å². The third-order valence-corrected chi connectivity index (χ3v) is 5.46. The van der Waals surface area contributed by atoms with Crippen molar-refractivity contribution in [1.82, 2.24) is 0 Å². The number of rotatable bonds is 9. The van der Waals surface area contributed by atoms with Crippen molar-refractivity contribution >= 4 is 0 Å². The molecule has 0 spiro atoms. The van der Waals surface area contributed by atoms with E-state index in [1.165, 1.54) is 0 Å². The molecule has 3 aromatic rings. The largest absolute Gasteiger partial charge is 0.496 e. The van der Waals surface area contributed by atoms with Gasteiger partial charge in [0.05, 0.1) is 54.3 Å². The van der Waals surface area contributed by atoms with E-state index in [0.29, 0.717) is 40.1 Å². The van der Waals surface area contributed by atoms with Crippen LogP contribution in [0.5, 0.6) is 34.5 Å². The summed E-state index contributed by atoms with van der Waals surface area (Å²) >= 11 is 0. The number of hydrogen-bond acceptors (Lipinski definition) is 7. The van der Waals surface area contributed by atoms with Crippen LogP contribution < -0.4 is 28.4 Å². The van der Waals surface area contributed by atoms with Crippen molar-refractivity contribution in [2.75, 3.05) is 42.7 Å². The van der Waals surface area contributed by atoms with Gasteiger partial charge in [0.25, 0.3) is 0 Å². The van der Waals surface area contributed by atoms with Gasteiger partial charge < -0.3 is 28.4 Å².